The quantitative estimate of drug-likeness (QED) is 0.275. The summed E-state index contributed by atoms with van der Waals surface area (Å²) < 4.78 is 27.7. The molecule has 3 amide bonds. The maximum absolute atomic E-state index is 14.2. The Morgan fingerprint density at radius 3 is 2.29 bits per heavy atom. The zero-order valence-electron chi connectivity index (χ0n) is 20.7. The first-order valence-corrected chi connectivity index (χ1v) is 14.0. The molecule has 0 saturated carbocycles. The SMILES string of the molecule is CCS(=O)(=O)N(CC1CCN(C(=N)N)CC1)[C@H](Cc1ccccc1)C(=O)[N+]1(C(N)=O)CCC[C@H]1C. The summed E-state index contributed by atoms with van der Waals surface area (Å²) in [7, 11) is -3.78. The first-order valence-electron chi connectivity index (χ1n) is 12.4. The molecular formula is C24H39N6O4S+. The van der Waals surface area contributed by atoms with Gasteiger partial charge in [-0.05, 0) is 38.2 Å². The largest absolute Gasteiger partial charge is 0.421 e. The molecule has 3 atom stereocenters. The van der Waals surface area contributed by atoms with Crippen molar-refractivity contribution >= 4 is 27.9 Å². The smallest absolute Gasteiger partial charge is 0.370 e. The summed E-state index contributed by atoms with van der Waals surface area (Å²) in [5, 5.41) is 7.66. The van der Waals surface area contributed by atoms with Crippen LogP contribution in [0.1, 0.15) is 45.1 Å². The van der Waals surface area contributed by atoms with Crippen molar-refractivity contribution in [2.24, 2.45) is 17.4 Å². The molecule has 1 aromatic carbocycles. The number of guanidine groups is 1. The molecule has 10 nitrogen and oxygen atoms in total. The Morgan fingerprint density at radius 2 is 1.80 bits per heavy atom. The second kappa shape index (κ2) is 11.0. The molecule has 0 aliphatic carbocycles. The fourth-order valence-electron chi connectivity index (χ4n) is 5.47. The number of likely N-dealkylation sites (tertiary alicyclic amines) is 2. The average Bonchev–Trinajstić information content (AvgIpc) is 3.24. The first kappa shape index (κ1) is 27.1. The van der Waals surface area contributed by atoms with E-state index in [1.807, 2.05) is 37.3 Å². The van der Waals surface area contributed by atoms with Crippen LogP contribution in [0.25, 0.3) is 0 Å². The van der Waals surface area contributed by atoms with Crippen LogP contribution >= 0.6 is 0 Å². The topological polar surface area (TPSA) is 151 Å². The van der Waals surface area contributed by atoms with E-state index in [0.717, 1.165) is 5.56 Å². The van der Waals surface area contributed by atoms with E-state index in [0.29, 0.717) is 38.8 Å². The summed E-state index contributed by atoms with van der Waals surface area (Å²) in [5.41, 5.74) is 12.3. The van der Waals surface area contributed by atoms with E-state index in [2.05, 4.69) is 0 Å². The number of sulfonamides is 1. The summed E-state index contributed by atoms with van der Waals surface area (Å²) in [4.78, 5) is 28.7. The molecular weight excluding hydrogens is 468 g/mol. The van der Waals surface area contributed by atoms with Crippen LogP contribution in [0.5, 0.6) is 0 Å². The minimum atomic E-state index is -3.78. The fraction of sp³-hybridized carbons (Fsp3) is 0.625. The molecule has 5 N–H and O–H groups in total. The van der Waals surface area contributed by atoms with Crippen molar-refractivity contribution in [3.63, 3.8) is 0 Å². The molecule has 0 bridgehead atoms. The number of benzene rings is 1. The number of nitrogens with one attached hydrogen (secondary N) is 1. The van der Waals surface area contributed by atoms with Gasteiger partial charge in [0.2, 0.25) is 10.0 Å². The van der Waals surface area contributed by atoms with Gasteiger partial charge in [-0.3, -0.25) is 5.41 Å². The van der Waals surface area contributed by atoms with E-state index in [-0.39, 0.29) is 43.2 Å². The number of hydrogen-bond donors (Lipinski definition) is 3. The van der Waals surface area contributed by atoms with Gasteiger partial charge in [0.15, 0.2) is 5.96 Å². The van der Waals surface area contributed by atoms with Crippen LogP contribution in [0.3, 0.4) is 0 Å². The molecule has 0 radical (unpaired) electrons. The minimum Gasteiger partial charge on any atom is -0.370 e. The Balaban J connectivity index is 2.01. The first-order chi connectivity index (χ1) is 16.5. The minimum absolute atomic E-state index is 0.00883. The van der Waals surface area contributed by atoms with Crippen LogP contribution in [0.2, 0.25) is 0 Å². The second-order valence-corrected chi connectivity index (χ2v) is 12.0. The van der Waals surface area contributed by atoms with E-state index in [4.69, 9.17) is 16.9 Å². The van der Waals surface area contributed by atoms with Gasteiger partial charge in [-0.2, -0.15) is 8.79 Å². The number of quaternary nitrogens is 1. The predicted molar refractivity (Wildman–Crippen MR) is 135 cm³/mol. The number of imide groups is 1. The van der Waals surface area contributed by atoms with Gasteiger partial charge in [-0.1, -0.05) is 30.3 Å². The zero-order chi connectivity index (χ0) is 25.8. The Bertz CT molecular complexity index is 1030. The predicted octanol–water partition coefficient (Wildman–Crippen LogP) is 1.46. The molecule has 3 rings (SSSR count). The van der Waals surface area contributed by atoms with E-state index >= 15 is 0 Å². The lowest BCUT2D eigenvalue weighted by Crippen LogP contribution is -2.67. The molecule has 2 aliphatic rings. The molecule has 1 unspecified atom stereocenters. The fourth-order valence-corrected chi connectivity index (χ4v) is 6.79. The monoisotopic (exact) mass is 507 g/mol. The number of carbonyl (C=O) groups excluding carboxylic acids is 2. The summed E-state index contributed by atoms with van der Waals surface area (Å²) in [6, 6.07) is 7.23. The van der Waals surface area contributed by atoms with Gasteiger partial charge in [0.25, 0.3) is 0 Å². The number of rotatable bonds is 8. The molecule has 35 heavy (non-hydrogen) atoms. The molecule has 2 saturated heterocycles. The van der Waals surface area contributed by atoms with Crippen molar-refractivity contribution in [1.82, 2.24) is 9.21 Å². The molecule has 2 aliphatic heterocycles. The van der Waals surface area contributed by atoms with Crippen molar-refractivity contribution in [2.45, 2.75) is 58.0 Å². The number of nitrogens with zero attached hydrogens (tertiary/aromatic N) is 3. The Labute approximate surface area is 208 Å². The van der Waals surface area contributed by atoms with Crippen LogP contribution in [0.4, 0.5) is 4.79 Å². The lowest BCUT2D eigenvalue weighted by atomic mass is 9.95. The van der Waals surface area contributed by atoms with Crippen molar-refractivity contribution in [3.8, 4) is 0 Å². The number of carbonyl (C=O) groups is 2. The van der Waals surface area contributed by atoms with Crippen molar-refractivity contribution in [2.75, 3.05) is 31.9 Å². The Morgan fingerprint density at radius 1 is 1.17 bits per heavy atom. The van der Waals surface area contributed by atoms with E-state index in [1.54, 1.807) is 11.8 Å². The van der Waals surface area contributed by atoms with Gasteiger partial charge >= 0.3 is 11.9 Å². The maximum atomic E-state index is 14.2. The average molecular weight is 508 g/mol. The van der Waals surface area contributed by atoms with Gasteiger partial charge in [0.1, 0.15) is 12.1 Å². The molecule has 2 heterocycles. The van der Waals surface area contributed by atoms with Crippen molar-refractivity contribution in [1.29, 1.82) is 5.41 Å². The van der Waals surface area contributed by atoms with E-state index in [1.165, 1.54) is 4.31 Å². The highest BCUT2D eigenvalue weighted by Gasteiger charge is 2.56. The lowest BCUT2D eigenvalue weighted by Gasteiger charge is -2.40. The molecule has 0 spiro atoms. The normalized spacial score (nSPS) is 24.4. The highest BCUT2D eigenvalue weighted by atomic mass is 32.2. The molecule has 11 heteroatoms. The van der Waals surface area contributed by atoms with Crippen LogP contribution in [-0.2, 0) is 21.2 Å². The highest BCUT2D eigenvalue weighted by molar-refractivity contribution is 7.89. The van der Waals surface area contributed by atoms with Crippen LogP contribution < -0.4 is 11.5 Å². The summed E-state index contributed by atoms with van der Waals surface area (Å²) >= 11 is 0. The number of hydrogen-bond acceptors (Lipinski definition) is 5. The van der Waals surface area contributed by atoms with Crippen molar-refractivity contribution in [3.05, 3.63) is 35.9 Å². The molecule has 194 valence electrons. The third-order valence-electron chi connectivity index (χ3n) is 7.69. The third kappa shape index (κ3) is 5.68. The maximum Gasteiger partial charge on any atom is 0.421 e. The van der Waals surface area contributed by atoms with E-state index in [9.17, 15) is 18.0 Å². The zero-order valence-corrected chi connectivity index (χ0v) is 21.5. The van der Waals surface area contributed by atoms with Gasteiger partial charge in [-0.15, -0.1) is 0 Å². The summed E-state index contributed by atoms with van der Waals surface area (Å²) in [5.74, 6) is -0.570. The van der Waals surface area contributed by atoms with Crippen molar-refractivity contribution < 1.29 is 22.5 Å². The summed E-state index contributed by atoms with van der Waals surface area (Å²) in [6.07, 6.45) is 2.85. The number of amides is 3. The Kier molecular flexibility index (Phi) is 8.55. The Hall–Kier alpha value is -2.50. The van der Waals surface area contributed by atoms with Gasteiger partial charge in [0, 0.05) is 38.9 Å². The van der Waals surface area contributed by atoms with Crippen LogP contribution in [0.15, 0.2) is 30.3 Å². The summed E-state index contributed by atoms with van der Waals surface area (Å²) in [6.45, 7) is 5.01. The van der Waals surface area contributed by atoms with Crippen LogP contribution in [0, 0.1) is 11.3 Å². The standard InChI is InChI=1S/C24H38N6O4S/c1-3-35(33,34)29(17-20-11-13-28(14-12-20)23(25)26)21(16-19-9-5-4-6-10-19)22(31)30(24(27)32)15-7-8-18(30)2/h4-6,9-10,18,20-21H,3,7-8,11-17H2,1-2H3,(H4-,25,26,27,32)/p+1/t18-,21-,30?/m1/s1. The number of nitrogens with two attached hydrogens (primary N) is 2. The molecule has 1 aromatic rings. The number of piperidine rings is 1. The van der Waals surface area contributed by atoms with Gasteiger partial charge < -0.3 is 16.4 Å². The second-order valence-electron chi connectivity index (χ2n) is 9.75. The van der Waals surface area contributed by atoms with E-state index < -0.39 is 32.5 Å². The number of urea groups is 1. The van der Waals surface area contributed by atoms with Crippen LogP contribution in [-0.4, -0.2) is 84.0 Å². The number of primary amides is 1. The van der Waals surface area contributed by atoms with Gasteiger partial charge in [0.05, 0.1) is 12.3 Å². The van der Waals surface area contributed by atoms with Gasteiger partial charge in [-0.25, -0.2) is 18.0 Å². The molecule has 2 fully saturated rings. The molecule has 0 aromatic heterocycles. The lowest BCUT2D eigenvalue weighted by molar-refractivity contribution is -0.784. The third-order valence-corrected chi connectivity index (χ3v) is 9.54. The highest BCUT2D eigenvalue weighted by Crippen LogP contribution is 2.32.